The van der Waals surface area contributed by atoms with E-state index in [9.17, 15) is 4.21 Å². The van der Waals surface area contributed by atoms with E-state index in [2.05, 4.69) is 0 Å². The zero-order valence-corrected chi connectivity index (χ0v) is 9.07. The Bertz CT molecular complexity index is 180. The van der Waals surface area contributed by atoms with Crippen molar-refractivity contribution in [1.29, 1.82) is 0 Å². The van der Waals surface area contributed by atoms with Gasteiger partial charge in [0, 0.05) is 29.4 Å². The van der Waals surface area contributed by atoms with Crippen molar-refractivity contribution in [2.24, 2.45) is 11.1 Å². The molecule has 1 atom stereocenters. The van der Waals surface area contributed by atoms with Crippen LogP contribution in [0.1, 0.15) is 19.3 Å². The fourth-order valence-corrected chi connectivity index (χ4v) is 3.15. The lowest BCUT2D eigenvalue weighted by Gasteiger charge is -2.12. The molecule has 0 amide bonds. The van der Waals surface area contributed by atoms with Crippen LogP contribution in [0.2, 0.25) is 0 Å². The lowest BCUT2D eigenvalue weighted by Crippen LogP contribution is -2.19. The second-order valence-corrected chi connectivity index (χ2v) is 5.40. The largest absolute Gasteiger partial charge is 0.384 e. The van der Waals surface area contributed by atoms with Gasteiger partial charge in [0.25, 0.3) is 0 Å². The number of hydrogen-bond acceptors (Lipinski definition) is 3. The van der Waals surface area contributed by atoms with Gasteiger partial charge < -0.3 is 10.5 Å². The van der Waals surface area contributed by atoms with Crippen LogP contribution in [-0.4, -0.2) is 36.0 Å². The molecule has 1 fully saturated rings. The molecule has 4 heteroatoms. The van der Waals surface area contributed by atoms with Crippen LogP contribution in [0, 0.1) is 5.41 Å². The van der Waals surface area contributed by atoms with Gasteiger partial charge in [-0.15, -0.1) is 0 Å². The molecule has 1 aliphatic carbocycles. The monoisotopic (exact) mass is 205 g/mol. The fraction of sp³-hybridized carbons (Fsp3) is 1.00. The third-order valence-corrected chi connectivity index (χ3v) is 4.17. The molecule has 1 unspecified atom stereocenters. The molecule has 1 saturated carbocycles. The van der Waals surface area contributed by atoms with Gasteiger partial charge in [0.2, 0.25) is 0 Å². The first-order valence-corrected chi connectivity index (χ1v) is 6.25. The van der Waals surface area contributed by atoms with Gasteiger partial charge in [-0.3, -0.25) is 4.21 Å². The molecule has 1 aliphatic rings. The van der Waals surface area contributed by atoms with E-state index in [0.717, 1.165) is 18.7 Å². The highest BCUT2D eigenvalue weighted by Crippen LogP contribution is 2.48. The summed E-state index contributed by atoms with van der Waals surface area (Å²) >= 11 is 0. The highest BCUT2D eigenvalue weighted by atomic mass is 32.2. The fourth-order valence-electron chi connectivity index (χ4n) is 1.54. The van der Waals surface area contributed by atoms with Crippen molar-refractivity contribution in [3.8, 4) is 0 Å². The minimum absolute atomic E-state index is 0.341. The lowest BCUT2D eigenvalue weighted by atomic mass is 10.1. The molecule has 0 heterocycles. The summed E-state index contributed by atoms with van der Waals surface area (Å²) in [6.45, 7) is 1.33. The van der Waals surface area contributed by atoms with E-state index in [1.54, 1.807) is 7.11 Å². The second-order valence-electron chi connectivity index (χ2n) is 3.82. The van der Waals surface area contributed by atoms with E-state index in [0.29, 0.717) is 17.8 Å². The molecule has 2 N–H and O–H groups in total. The summed E-state index contributed by atoms with van der Waals surface area (Å²) in [6, 6.07) is 0. The first kappa shape index (κ1) is 11.1. The third kappa shape index (κ3) is 3.75. The SMILES string of the molecule is COCCS(=O)CC1(CCN)CC1. The van der Waals surface area contributed by atoms with Crippen LogP contribution < -0.4 is 5.73 Å². The Hall–Kier alpha value is 0.0700. The molecule has 0 bridgehead atoms. The predicted octanol–water partition coefficient (Wildman–Crippen LogP) is 0.511. The van der Waals surface area contributed by atoms with Crippen LogP contribution in [0.15, 0.2) is 0 Å². The van der Waals surface area contributed by atoms with E-state index >= 15 is 0 Å². The summed E-state index contributed by atoms with van der Waals surface area (Å²) in [4.78, 5) is 0. The Morgan fingerprint density at radius 2 is 2.23 bits per heavy atom. The number of nitrogens with two attached hydrogens (primary N) is 1. The molecule has 0 aromatic heterocycles. The predicted molar refractivity (Wildman–Crippen MR) is 55.1 cm³/mol. The van der Waals surface area contributed by atoms with Gasteiger partial charge in [-0.05, 0) is 31.2 Å². The average molecular weight is 205 g/mol. The summed E-state index contributed by atoms with van der Waals surface area (Å²) in [7, 11) is 0.934. The molecule has 3 nitrogen and oxygen atoms in total. The first-order chi connectivity index (χ1) is 6.22. The Kier molecular flexibility index (Phi) is 4.35. The van der Waals surface area contributed by atoms with E-state index < -0.39 is 10.8 Å². The molecule has 0 spiro atoms. The van der Waals surface area contributed by atoms with Crippen LogP contribution >= 0.6 is 0 Å². The number of rotatable bonds is 7. The van der Waals surface area contributed by atoms with Crippen molar-refractivity contribution in [2.75, 3.05) is 31.8 Å². The van der Waals surface area contributed by atoms with Crippen molar-refractivity contribution in [1.82, 2.24) is 0 Å². The van der Waals surface area contributed by atoms with E-state index in [1.165, 1.54) is 12.8 Å². The van der Waals surface area contributed by atoms with E-state index in [1.807, 2.05) is 0 Å². The summed E-state index contributed by atoms with van der Waals surface area (Å²) in [6.07, 6.45) is 3.46. The number of ether oxygens (including phenoxy) is 1. The summed E-state index contributed by atoms with van der Waals surface area (Å²) in [5.41, 5.74) is 5.85. The molecular formula is C9H19NO2S. The number of hydrogen-bond donors (Lipinski definition) is 1. The van der Waals surface area contributed by atoms with Gasteiger partial charge in [-0.2, -0.15) is 0 Å². The third-order valence-electron chi connectivity index (χ3n) is 2.61. The Labute approximate surface area is 82.5 Å². The number of methoxy groups -OCH3 is 1. The average Bonchev–Trinajstić information content (AvgIpc) is 2.82. The smallest absolute Gasteiger partial charge is 0.0577 e. The van der Waals surface area contributed by atoms with Crippen LogP contribution in [0.3, 0.4) is 0 Å². The molecular weight excluding hydrogens is 186 g/mol. The Morgan fingerprint density at radius 3 is 2.69 bits per heavy atom. The highest BCUT2D eigenvalue weighted by molar-refractivity contribution is 7.85. The highest BCUT2D eigenvalue weighted by Gasteiger charge is 2.42. The Morgan fingerprint density at radius 1 is 1.54 bits per heavy atom. The maximum Gasteiger partial charge on any atom is 0.0577 e. The molecule has 0 radical (unpaired) electrons. The maximum atomic E-state index is 11.5. The van der Waals surface area contributed by atoms with E-state index in [4.69, 9.17) is 10.5 Å². The molecule has 0 aromatic carbocycles. The molecule has 13 heavy (non-hydrogen) atoms. The van der Waals surface area contributed by atoms with Gasteiger partial charge in [0.05, 0.1) is 6.61 Å². The van der Waals surface area contributed by atoms with Gasteiger partial charge in [-0.25, -0.2) is 0 Å². The lowest BCUT2D eigenvalue weighted by molar-refractivity contribution is 0.218. The minimum atomic E-state index is -0.709. The van der Waals surface area contributed by atoms with Crippen molar-refractivity contribution < 1.29 is 8.95 Å². The standard InChI is InChI=1S/C9H19NO2S/c1-12-6-7-13(11)8-9(2-3-9)4-5-10/h2-8,10H2,1H3. The normalized spacial score (nSPS) is 21.4. The van der Waals surface area contributed by atoms with Gasteiger partial charge in [0.1, 0.15) is 0 Å². The summed E-state index contributed by atoms with van der Waals surface area (Å²) in [5.74, 6) is 1.50. The molecule has 0 saturated heterocycles. The van der Waals surface area contributed by atoms with Crippen LogP contribution in [0.25, 0.3) is 0 Å². The van der Waals surface area contributed by atoms with Gasteiger partial charge in [-0.1, -0.05) is 0 Å². The minimum Gasteiger partial charge on any atom is -0.384 e. The molecule has 0 aliphatic heterocycles. The zero-order chi connectivity index (χ0) is 9.73. The Balaban J connectivity index is 2.19. The maximum absolute atomic E-state index is 11.5. The summed E-state index contributed by atoms with van der Waals surface area (Å²) < 4.78 is 16.4. The zero-order valence-electron chi connectivity index (χ0n) is 8.25. The first-order valence-electron chi connectivity index (χ1n) is 4.76. The van der Waals surface area contributed by atoms with Crippen molar-refractivity contribution in [3.63, 3.8) is 0 Å². The van der Waals surface area contributed by atoms with Crippen molar-refractivity contribution >= 4 is 10.8 Å². The second kappa shape index (κ2) is 5.08. The molecule has 0 aromatic rings. The quantitative estimate of drug-likeness (QED) is 0.659. The summed E-state index contributed by atoms with van der Waals surface area (Å²) in [5, 5.41) is 0. The van der Waals surface area contributed by atoms with Crippen molar-refractivity contribution in [2.45, 2.75) is 19.3 Å². The van der Waals surface area contributed by atoms with Gasteiger partial charge >= 0.3 is 0 Å². The topological polar surface area (TPSA) is 52.3 Å². The molecule has 1 rings (SSSR count). The van der Waals surface area contributed by atoms with Crippen LogP contribution in [0.4, 0.5) is 0 Å². The van der Waals surface area contributed by atoms with Gasteiger partial charge in [0.15, 0.2) is 0 Å². The molecule has 78 valence electrons. The van der Waals surface area contributed by atoms with Crippen LogP contribution in [-0.2, 0) is 15.5 Å². The van der Waals surface area contributed by atoms with Crippen LogP contribution in [0.5, 0.6) is 0 Å². The van der Waals surface area contributed by atoms with E-state index in [-0.39, 0.29) is 0 Å². The van der Waals surface area contributed by atoms with Crippen molar-refractivity contribution in [3.05, 3.63) is 0 Å².